The average molecular weight is 489 g/mol. The second-order valence-corrected chi connectivity index (χ2v) is 9.92. The van der Waals surface area contributed by atoms with Gasteiger partial charge in [0, 0.05) is 42.0 Å². The van der Waals surface area contributed by atoms with Crippen LogP contribution in [-0.2, 0) is 23.6 Å². The predicted octanol–water partition coefficient (Wildman–Crippen LogP) is 5.98. The van der Waals surface area contributed by atoms with Gasteiger partial charge in [0.05, 0.1) is 25.0 Å². The zero-order chi connectivity index (χ0) is 23.8. The van der Waals surface area contributed by atoms with Crippen LogP contribution in [0.4, 0.5) is 0 Å². The van der Waals surface area contributed by atoms with Crippen molar-refractivity contribution in [3.05, 3.63) is 93.8 Å². The van der Waals surface area contributed by atoms with Crippen LogP contribution >= 0.6 is 11.6 Å². The number of piperidine rings is 1. The van der Waals surface area contributed by atoms with E-state index in [1.165, 1.54) is 11.1 Å². The number of ether oxygens (including phenoxy) is 3. The van der Waals surface area contributed by atoms with Crippen LogP contribution in [0, 0.1) is 0 Å². The van der Waals surface area contributed by atoms with Crippen molar-refractivity contribution >= 4 is 17.2 Å². The summed E-state index contributed by atoms with van der Waals surface area (Å²) in [6.45, 7) is 4.18. The van der Waals surface area contributed by atoms with Crippen molar-refractivity contribution in [1.29, 1.82) is 0 Å². The van der Waals surface area contributed by atoms with E-state index in [0.29, 0.717) is 13.2 Å². The Labute approximate surface area is 211 Å². The van der Waals surface area contributed by atoms with Gasteiger partial charge in [0.1, 0.15) is 18.1 Å². The molecule has 3 aromatic rings. The number of likely N-dealkylation sites (tertiary alicyclic amines) is 1. The van der Waals surface area contributed by atoms with Crippen LogP contribution in [-0.4, -0.2) is 36.6 Å². The molecule has 6 heteroatoms. The maximum Gasteiger partial charge on any atom is 0.131 e. The number of hydrogen-bond donors (Lipinski definition) is 0. The number of methoxy groups -OCH3 is 1. The van der Waals surface area contributed by atoms with Gasteiger partial charge in [0.25, 0.3) is 0 Å². The van der Waals surface area contributed by atoms with Gasteiger partial charge in [0.15, 0.2) is 0 Å². The third kappa shape index (κ3) is 4.22. The van der Waals surface area contributed by atoms with Crippen LogP contribution in [0.2, 0.25) is 5.02 Å². The minimum Gasteiger partial charge on any atom is -0.497 e. The van der Waals surface area contributed by atoms with Crippen molar-refractivity contribution in [2.45, 2.75) is 38.1 Å². The van der Waals surface area contributed by atoms with Gasteiger partial charge in [-0.1, -0.05) is 29.8 Å². The maximum absolute atomic E-state index is 6.34. The molecule has 1 saturated heterocycles. The number of halogens is 1. The van der Waals surface area contributed by atoms with Crippen LogP contribution in [0.3, 0.4) is 0 Å². The number of benzene rings is 2. The number of hydrogen-bond acceptors (Lipinski definition) is 5. The van der Waals surface area contributed by atoms with E-state index in [9.17, 15) is 0 Å². The average Bonchev–Trinajstić information content (AvgIpc) is 3.15. The molecule has 1 aromatic heterocycles. The van der Waals surface area contributed by atoms with Gasteiger partial charge in [-0.2, -0.15) is 0 Å². The topological polar surface area (TPSA) is 43.8 Å². The molecular formula is C29H29ClN2O3. The molecule has 0 amide bonds. The van der Waals surface area contributed by atoms with Gasteiger partial charge in [-0.15, -0.1) is 0 Å². The van der Waals surface area contributed by atoms with Crippen LogP contribution in [0.15, 0.2) is 60.8 Å². The highest BCUT2D eigenvalue weighted by Crippen LogP contribution is 2.45. The molecule has 0 bridgehead atoms. The van der Waals surface area contributed by atoms with Crippen molar-refractivity contribution in [2.24, 2.45) is 0 Å². The molecule has 0 saturated carbocycles. The Morgan fingerprint density at radius 1 is 1.09 bits per heavy atom. The van der Waals surface area contributed by atoms with Gasteiger partial charge in [0.2, 0.25) is 0 Å². The lowest BCUT2D eigenvalue weighted by Crippen LogP contribution is -2.42. The molecule has 35 heavy (non-hydrogen) atoms. The summed E-state index contributed by atoms with van der Waals surface area (Å²) in [5, 5.41) is 0.793. The lowest BCUT2D eigenvalue weighted by molar-refractivity contribution is -0.0785. The molecule has 180 valence electrons. The SMILES string of the molecule is COc1ccc2c(c1)C(=CCCN1CCC3(CC1)OCc1ccc(Cl)cc13)c1cccnc1CO2. The summed E-state index contributed by atoms with van der Waals surface area (Å²) in [6.07, 6.45) is 7.10. The van der Waals surface area contributed by atoms with E-state index in [0.717, 1.165) is 77.8 Å². The molecule has 1 fully saturated rings. The second kappa shape index (κ2) is 9.30. The van der Waals surface area contributed by atoms with Gasteiger partial charge < -0.3 is 19.1 Å². The lowest BCUT2D eigenvalue weighted by Gasteiger charge is -2.39. The molecule has 6 rings (SSSR count). The molecular weight excluding hydrogens is 460 g/mol. The Bertz CT molecular complexity index is 1280. The molecule has 0 unspecified atom stereocenters. The third-order valence-corrected chi connectivity index (χ3v) is 7.78. The first-order valence-electron chi connectivity index (χ1n) is 12.3. The minimum atomic E-state index is -0.173. The number of aromatic nitrogens is 1. The Balaban J connectivity index is 1.19. The highest BCUT2D eigenvalue weighted by atomic mass is 35.5. The first-order chi connectivity index (χ1) is 17.1. The summed E-state index contributed by atoms with van der Waals surface area (Å²) in [5.74, 6) is 1.69. The number of fused-ring (bicyclic) bond motifs is 4. The lowest BCUT2D eigenvalue weighted by atomic mass is 9.84. The molecule has 0 N–H and O–H groups in total. The second-order valence-electron chi connectivity index (χ2n) is 9.48. The first kappa shape index (κ1) is 22.6. The number of rotatable bonds is 4. The van der Waals surface area contributed by atoms with E-state index in [-0.39, 0.29) is 5.60 Å². The van der Waals surface area contributed by atoms with Crippen LogP contribution in [0.25, 0.3) is 5.57 Å². The monoisotopic (exact) mass is 488 g/mol. The molecule has 5 nitrogen and oxygen atoms in total. The Morgan fingerprint density at radius 2 is 1.97 bits per heavy atom. The molecule has 0 aliphatic carbocycles. The number of nitrogens with zero attached hydrogens (tertiary/aromatic N) is 2. The van der Waals surface area contributed by atoms with Crippen molar-refractivity contribution < 1.29 is 14.2 Å². The van der Waals surface area contributed by atoms with E-state index in [4.69, 9.17) is 25.8 Å². The Kier molecular flexibility index (Phi) is 6.01. The zero-order valence-corrected chi connectivity index (χ0v) is 20.7. The van der Waals surface area contributed by atoms with E-state index in [2.05, 4.69) is 40.2 Å². The van der Waals surface area contributed by atoms with E-state index >= 15 is 0 Å². The fourth-order valence-electron chi connectivity index (χ4n) is 5.62. The largest absolute Gasteiger partial charge is 0.497 e. The number of pyridine rings is 1. The highest BCUT2D eigenvalue weighted by molar-refractivity contribution is 6.30. The van der Waals surface area contributed by atoms with Crippen LogP contribution < -0.4 is 9.47 Å². The van der Waals surface area contributed by atoms with E-state index < -0.39 is 0 Å². The summed E-state index contributed by atoms with van der Waals surface area (Å²) >= 11 is 6.31. The van der Waals surface area contributed by atoms with Crippen LogP contribution in [0.1, 0.15) is 47.2 Å². The van der Waals surface area contributed by atoms with Crippen molar-refractivity contribution in [2.75, 3.05) is 26.7 Å². The van der Waals surface area contributed by atoms with Crippen molar-refractivity contribution in [3.8, 4) is 11.5 Å². The molecule has 4 heterocycles. The fraction of sp³-hybridized carbons (Fsp3) is 0.345. The van der Waals surface area contributed by atoms with Gasteiger partial charge in [-0.3, -0.25) is 4.98 Å². The van der Waals surface area contributed by atoms with Gasteiger partial charge >= 0.3 is 0 Å². The van der Waals surface area contributed by atoms with Crippen molar-refractivity contribution in [1.82, 2.24) is 9.88 Å². The van der Waals surface area contributed by atoms with Crippen LogP contribution in [0.5, 0.6) is 11.5 Å². The Morgan fingerprint density at radius 3 is 2.83 bits per heavy atom. The molecule has 1 spiro atoms. The normalized spacial score (nSPS) is 19.5. The standard InChI is InChI=1S/C29H29ClN2O3/c1-33-22-8-9-28-25(17-22)23(24-4-2-12-31-27(24)19-34-28)5-3-13-32-14-10-29(11-15-32)26-16-21(30)7-6-20(26)18-35-29/h2,4-9,12,16-17H,3,10-11,13-15,18-19H2,1H3. The highest BCUT2D eigenvalue weighted by Gasteiger charge is 2.42. The first-order valence-corrected chi connectivity index (χ1v) is 12.6. The summed E-state index contributed by atoms with van der Waals surface area (Å²) in [6, 6.07) is 16.3. The summed E-state index contributed by atoms with van der Waals surface area (Å²) in [7, 11) is 1.70. The molecule has 0 atom stereocenters. The van der Waals surface area contributed by atoms with E-state index in [1.54, 1.807) is 7.11 Å². The van der Waals surface area contributed by atoms with Crippen molar-refractivity contribution in [3.63, 3.8) is 0 Å². The predicted molar refractivity (Wildman–Crippen MR) is 137 cm³/mol. The Hall–Kier alpha value is -2.86. The maximum atomic E-state index is 6.34. The summed E-state index contributed by atoms with van der Waals surface area (Å²) in [4.78, 5) is 7.13. The smallest absolute Gasteiger partial charge is 0.131 e. The fourth-order valence-corrected chi connectivity index (χ4v) is 5.79. The third-order valence-electron chi connectivity index (χ3n) is 7.55. The molecule has 0 radical (unpaired) electrons. The van der Waals surface area contributed by atoms with Gasteiger partial charge in [-0.25, -0.2) is 0 Å². The molecule has 2 aromatic carbocycles. The molecule has 3 aliphatic rings. The summed E-state index contributed by atoms with van der Waals surface area (Å²) < 4.78 is 17.9. The minimum absolute atomic E-state index is 0.173. The molecule has 3 aliphatic heterocycles. The van der Waals surface area contributed by atoms with E-state index in [1.807, 2.05) is 30.5 Å². The van der Waals surface area contributed by atoms with Gasteiger partial charge in [-0.05, 0) is 72.4 Å². The summed E-state index contributed by atoms with van der Waals surface area (Å²) in [5.41, 5.74) is 6.71. The quantitative estimate of drug-likeness (QED) is 0.452. The zero-order valence-electron chi connectivity index (χ0n) is 19.9.